The lowest BCUT2D eigenvalue weighted by atomic mass is 10.4. The van der Waals surface area contributed by atoms with E-state index in [2.05, 4.69) is 15.3 Å². The number of thioether (sulfide) groups is 1. The molecule has 0 aliphatic carbocycles. The van der Waals surface area contributed by atoms with Crippen LogP contribution in [0.3, 0.4) is 0 Å². The van der Waals surface area contributed by atoms with Crippen LogP contribution < -0.4 is 10.2 Å². The molecule has 21 heavy (non-hydrogen) atoms. The molecular weight excluding hydrogens is 308 g/mol. The standard InChI is InChI=1S/C13H22N4O2S2/c1-4-10-15-11(14-3)8-12(16-10)17-6-7-20-9-13(17)21(18,19)5-2/h8,13H,4-7,9H2,1-3H3,(H,14,15,16). The van der Waals surface area contributed by atoms with E-state index < -0.39 is 15.2 Å². The maximum Gasteiger partial charge on any atom is 0.171 e. The first-order valence-electron chi connectivity index (χ1n) is 7.13. The van der Waals surface area contributed by atoms with Gasteiger partial charge in [-0.25, -0.2) is 18.4 Å². The maximum absolute atomic E-state index is 12.3. The van der Waals surface area contributed by atoms with E-state index in [9.17, 15) is 8.42 Å². The molecule has 0 bridgehead atoms. The molecule has 0 aromatic carbocycles. The second kappa shape index (κ2) is 6.83. The van der Waals surface area contributed by atoms with Gasteiger partial charge in [-0.05, 0) is 0 Å². The third-order valence-corrected chi connectivity index (χ3v) is 6.82. The number of aryl methyl sites for hydroxylation is 1. The van der Waals surface area contributed by atoms with E-state index in [-0.39, 0.29) is 5.75 Å². The summed E-state index contributed by atoms with van der Waals surface area (Å²) in [6, 6.07) is 1.83. The van der Waals surface area contributed by atoms with Crippen molar-refractivity contribution in [3.63, 3.8) is 0 Å². The van der Waals surface area contributed by atoms with Crippen LogP contribution in [0.15, 0.2) is 6.07 Å². The van der Waals surface area contributed by atoms with Gasteiger partial charge in [-0.15, -0.1) is 0 Å². The van der Waals surface area contributed by atoms with Gasteiger partial charge in [0.1, 0.15) is 22.8 Å². The Labute approximate surface area is 130 Å². The minimum Gasteiger partial charge on any atom is -0.373 e. The summed E-state index contributed by atoms with van der Waals surface area (Å²) < 4.78 is 24.7. The molecule has 118 valence electrons. The van der Waals surface area contributed by atoms with Crippen molar-refractivity contribution in [2.75, 3.05) is 41.1 Å². The van der Waals surface area contributed by atoms with E-state index in [1.54, 1.807) is 25.7 Å². The number of nitrogens with one attached hydrogen (secondary N) is 1. The lowest BCUT2D eigenvalue weighted by molar-refractivity contribution is 0.578. The van der Waals surface area contributed by atoms with Crippen LogP contribution in [0.4, 0.5) is 11.6 Å². The molecule has 0 saturated carbocycles. The molecule has 0 spiro atoms. The van der Waals surface area contributed by atoms with Crippen molar-refractivity contribution in [3.05, 3.63) is 11.9 Å². The minimum atomic E-state index is -3.13. The largest absolute Gasteiger partial charge is 0.373 e. The second-order valence-corrected chi connectivity index (χ2v) is 8.40. The monoisotopic (exact) mass is 330 g/mol. The zero-order valence-corrected chi connectivity index (χ0v) is 14.3. The van der Waals surface area contributed by atoms with Crippen LogP contribution in [-0.4, -0.2) is 54.6 Å². The SMILES string of the molecule is CCc1nc(NC)cc(N2CCSCC2S(=O)(=O)CC)n1. The van der Waals surface area contributed by atoms with Crippen LogP contribution >= 0.6 is 11.8 Å². The van der Waals surface area contributed by atoms with Crippen LogP contribution in [0.2, 0.25) is 0 Å². The van der Waals surface area contributed by atoms with Crippen LogP contribution in [0, 0.1) is 0 Å². The Balaban J connectivity index is 2.42. The zero-order chi connectivity index (χ0) is 15.5. The van der Waals surface area contributed by atoms with Gasteiger partial charge in [0.05, 0.1) is 0 Å². The van der Waals surface area contributed by atoms with Crippen LogP contribution in [0.5, 0.6) is 0 Å². The molecule has 1 aliphatic rings. The summed E-state index contributed by atoms with van der Waals surface area (Å²) in [5.74, 6) is 3.81. The Bertz CT molecular complexity index is 570. The zero-order valence-electron chi connectivity index (χ0n) is 12.7. The lowest BCUT2D eigenvalue weighted by Crippen LogP contribution is -2.48. The molecule has 0 radical (unpaired) electrons. The molecular formula is C13H22N4O2S2. The van der Waals surface area contributed by atoms with Gasteiger partial charge in [-0.1, -0.05) is 13.8 Å². The summed E-state index contributed by atoms with van der Waals surface area (Å²) in [5, 5.41) is 2.52. The molecule has 1 unspecified atom stereocenters. The highest BCUT2D eigenvalue weighted by Crippen LogP contribution is 2.27. The first kappa shape index (κ1) is 16.4. The number of nitrogens with zero attached hydrogens (tertiary/aromatic N) is 3. The normalized spacial score (nSPS) is 19.6. The highest BCUT2D eigenvalue weighted by molar-refractivity contribution is 8.01. The molecule has 2 rings (SSSR count). The number of hydrogen-bond acceptors (Lipinski definition) is 7. The van der Waals surface area contributed by atoms with Crippen molar-refractivity contribution in [2.24, 2.45) is 0 Å². The van der Waals surface area contributed by atoms with E-state index in [0.717, 1.165) is 23.8 Å². The van der Waals surface area contributed by atoms with E-state index in [1.807, 2.05) is 17.9 Å². The Morgan fingerprint density at radius 2 is 2.19 bits per heavy atom. The summed E-state index contributed by atoms with van der Waals surface area (Å²) in [7, 11) is -1.33. The Hall–Kier alpha value is -1.02. The van der Waals surface area contributed by atoms with E-state index in [0.29, 0.717) is 18.1 Å². The average molecular weight is 330 g/mol. The molecule has 8 heteroatoms. The predicted molar refractivity (Wildman–Crippen MR) is 88.9 cm³/mol. The maximum atomic E-state index is 12.3. The molecule has 1 aliphatic heterocycles. The first-order chi connectivity index (χ1) is 10.0. The highest BCUT2D eigenvalue weighted by Gasteiger charge is 2.34. The quantitative estimate of drug-likeness (QED) is 0.874. The number of aromatic nitrogens is 2. The molecule has 1 atom stereocenters. The number of anilines is 2. The Morgan fingerprint density at radius 3 is 2.81 bits per heavy atom. The minimum absolute atomic E-state index is 0.152. The first-order valence-corrected chi connectivity index (χ1v) is 10.0. The van der Waals surface area contributed by atoms with Crippen LogP contribution in [-0.2, 0) is 16.3 Å². The van der Waals surface area contributed by atoms with Gasteiger partial charge in [0.2, 0.25) is 0 Å². The second-order valence-electron chi connectivity index (χ2n) is 4.81. The summed E-state index contributed by atoms with van der Waals surface area (Å²) in [4.78, 5) is 10.8. The molecule has 6 nitrogen and oxygen atoms in total. The van der Waals surface area contributed by atoms with Crippen molar-refractivity contribution in [1.29, 1.82) is 0 Å². The number of rotatable bonds is 5. The smallest absolute Gasteiger partial charge is 0.171 e. The van der Waals surface area contributed by atoms with Crippen molar-refractivity contribution < 1.29 is 8.42 Å². The summed E-state index contributed by atoms with van der Waals surface area (Å²) in [6.45, 7) is 4.38. The van der Waals surface area contributed by atoms with Gasteiger partial charge >= 0.3 is 0 Å². The third kappa shape index (κ3) is 3.60. The molecule has 1 N–H and O–H groups in total. The van der Waals surface area contributed by atoms with Crippen LogP contribution in [0.25, 0.3) is 0 Å². The van der Waals surface area contributed by atoms with Gasteiger partial charge in [0.25, 0.3) is 0 Å². The van der Waals surface area contributed by atoms with Crippen molar-refractivity contribution in [1.82, 2.24) is 9.97 Å². The molecule has 2 heterocycles. The Morgan fingerprint density at radius 1 is 1.43 bits per heavy atom. The summed E-state index contributed by atoms with van der Waals surface area (Å²) in [5.41, 5.74) is 0. The van der Waals surface area contributed by atoms with Gasteiger partial charge < -0.3 is 10.2 Å². The lowest BCUT2D eigenvalue weighted by Gasteiger charge is -2.35. The van der Waals surface area contributed by atoms with Gasteiger partial charge in [0, 0.05) is 43.3 Å². The van der Waals surface area contributed by atoms with Gasteiger partial charge in [-0.3, -0.25) is 0 Å². The molecule has 1 aromatic rings. The summed E-state index contributed by atoms with van der Waals surface area (Å²) >= 11 is 1.68. The van der Waals surface area contributed by atoms with E-state index in [4.69, 9.17) is 0 Å². The molecule has 1 saturated heterocycles. The molecule has 0 amide bonds. The molecule has 1 fully saturated rings. The summed E-state index contributed by atoms with van der Waals surface area (Å²) in [6.07, 6.45) is 0.719. The van der Waals surface area contributed by atoms with Gasteiger partial charge in [-0.2, -0.15) is 11.8 Å². The van der Waals surface area contributed by atoms with E-state index >= 15 is 0 Å². The average Bonchev–Trinajstić information content (AvgIpc) is 2.54. The van der Waals surface area contributed by atoms with Crippen molar-refractivity contribution in [2.45, 2.75) is 25.6 Å². The van der Waals surface area contributed by atoms with Crippen molar-refractivity contribution in [3.8, 4) is 0 Å². The third-order valence-electron chi connectivity index (χ3n) is 3.53. The van der Waals surface area contributed by atoms with Gasteiger partial charge in [0.15, 0.2) is 9.84 Å². The topological polar surface area (TPSA) is 75.2 Å². The predicted octanol–water partition coefficient (Wildman–Crippen LogP) is 1.39. The fourth-order valence-electron chi connectivity index (χ4n) is 2.25. The fourth-order valence-corrected chi connectivity index (χ4v) is 5.23. The van der Waals surface area contributed by atoms with E-state index in [1.165, 1.54) is 0 Å². The molecule has 1 aromatic heterocycles. The fraction of sp³-hybridized carbons (Fsp3) is 0.692. The van der Waals surface area contributed by atoms with Crippen LogP contribution in [0.1, 0.15) is 19.7 Å². The Kier molecular flexibility index (Phi) is 5.32. The number of hydrogen-bond donors (Lipinski definition) is 1. The van der Waals surface area contributed by atoms with Crippen molar-refractivity contribution >= 4 is 33.2 Å². The number of sulfone groups is 1. The highest BCUT2D eigenvalue weighted by atomic mass is 32.2.